The highest BCUT2D eigenvalue weighted by Gasteiger charge is 2.22. The van der Waals surface area contributed by atoms with Crippen LogP contribution in [0.4, 0.5) is 0 Å². The van der Waals surface area contributed by atoms with Crippen molar-refractivity contribution in [1.82, 2.24) is 15.4 Å². The molecule has 2 aliphatic heterocycles. The molecule has 0 radical (unpaired) electrons. The molecule has 9 nitrogen and oxygen atoms in total. The molecule has 0 atom stereocenters. The molecule has 9 heteroatoms. The smallest absolute Gasteiger partial charge is 0.147 e. The molecule has 0 aliphatic carbocycles. The van der Waals surface area contributed by atoms with E-state index < -0.39 is 0 Å². The summed E-state index contributed by atoms with van der Waals surface area (Å²) in [7, 11) is 0. The first kappa shape index (κ1) is 7.79. The first-order chi connectivity index (χ1) is 7.45. The number of aromatic amines is 1. The molecule has 1 N–H and O–H groups in total. The zero-order chi connectivity index (χ0) is 10.1. The Morgan fingerprint density at radius 3 is 2.87 bits per heavy atom. The van der Waals surface area contributed by atoms with Crippen LogP contribution in [-0.2, 0) is 0 Å². The van der Waals surface area contributed by atoms with Gasteiger partial charge >= 0.3 is 0 Å². The fourth-order valence-corrected chi connectivity index (χ4v) is 1.16. The lowest BCUT2D eigenvalue weighted by molar-refractivity contribution is 0.937. The first-order valence-electron chi connectivity index (χ1n) is 3.99. The Morgan fingerprint density at radius 1 is 1.13 bits per heavy atom. The summed E-state index contributed by atoms with van der Waals surface area (Å²) in [4.78, 5) is 0. The van der Waals surface area contributed by atoms with Crippen LogP contribution in [0.25, 0.3) is 0 Å². The van der Waals surface area contributed by atoms with E-state index in [4.69, 9.17) is 0 Å². The molecule has 0 amide bonds. The molecule has 0 aromatic carbocycles. The summed E-state index contributed by atoms with van der Waals surface area (Å²) < 4.78 is 0. The standard InChI is InChI=1S/C6H3N9/c1-3(9-13-7-1)5-6(12-15-11-5)4-2-8-14-10-4/h1-2H,(H,7,9,13). The van der Waals surface area contributed by atoms with Gasteiger partial charge in [0.1, 0.15) is 22.8 Å². The fourth-order valence-electron chi connectivity index (χ4n) is 1.16. The van der Waals surface area contributed by atoms with Crippen molar-refractivity contribution in [3.63, 3.8) is 0 Å². The van der Waals surface area contributed by atoms with Gasteiger partial charge < -0.3 is 0 Å². The van der Waals surface area contributed by atoms with Gasteiger partial charge in [-0.1, -0.05) is 0 Å². The Balaban J connectivity index is 2.09. The van der Waals surface area contributed by atoms with Crippen LogP contribution >= 0.6 is 0 Å². The zero-order valence-electron chi connectivity index (χ0n) is 7.23. The second kappa shape index (κ2) is 2.97. The third-order valence-corrected chi connectivity index (χ3v) is 1.80. The third-order valence-electron chi connectivity index (χ3n) is 1.80. The van der Waals surface area contributed by atoms with Gasteiger partial charge in [0, 0.05) is 0 Å². The highest BCUT2D eigenvalue weighted by atomic mass is 15.4. The fraction of sp³-hybridized carbons (Fsp3) is 0. The summed E-state index contributed by atoms with van der Waals surface area (Å²) in [5.74, 6) is 0. The van der Waals surface area contributed by atoms with Gasteiger partial charge in [-0.05, 0) is 10.4 Å². The van der Waals surface area contributed by atoms with Crippen molar-refractivity contribution in [2.75, 3.05) is 0 Å². The van der Waals surface area contributed by atoms with Crippen molar-refractivity contribution >= 4 is 11.9 Å². The molecular weight excluding hydrogens is 198 g/mol. The van der Waals surface area contributed by atoms with Gasteiger partial charge in [-0.2, -0.15) is 15.4 Å². The maximum absolute atomic E-state index is 3.88. The second-order valence-electron chi connectivity index (χ2n) is 2.66. The highest BCUT2D eigenvalue weighted by Crippen LogP contribution is 2.20. The summed E-state index contributed by atoms with van der Waals surface area (Å²) >= 11 is 0. The van der Waals surface area contributed by atoms with Gasteiger partial charge in [-0.3, -0.25) is 0 Å². The second-order valence-corrected chi connectivity index (χ2v) is 2.66. The quantitative estimate of drug-likeness (QED) is 0.717. The van der Waals surface area contributed by atoms with Crippen molar-refractivity contribution in [3.05, 3.63) is 23.3 Å². The molecule has 3 heterocycles. The molecule has 0 spiro atoms. The Labute approximate surface area is 82.4 Å². The Kier molecular flexibility index (Phi) is 1.54. The molecule has 0 saturated carbocycles. The van der Waals surface area contributed by atoms with Crippen LogP contribution in [0.5, 0.6) is 0 Å². The lowest BCUT2D eigenvalue weighted by atomic mass is 10.2. The molecule has 0 fully saturated rings. The van der Waals surface area contributed by atoms with Crippen molar-refractivity contribution < 1.29 is 0 Å². The normalized spacial score (nSPS) is 22.8. The minimum absolute atomic E-state index is 0.494. The van der Waals surface area contributed by atoms with Crippen LogP contribution < -0.4 is 0 Å². The maximum atomic E-state index is 3.88. The number of allylic oxidation sites excluding steroid dienone is 2. The Hall–Kier alpha value is -2.58. The monoisotopic (exact) mass is 201 g/mol. The molecule has 0 saturated heterocycles. The van der Waals surface area contributed by atoms with Crippen molar-refractivity contribution in [3.8, 4) is 0 Å². The van der Waals surface area contributed by atoms with Gasteiger partial charge in [-0.15, -0.1) is 20.4 Å². The van der Waals surface area contributed by atoms with Crippen LogP contribution in [0.2, 0.25) is 0 Å². The number of hydrogen-bond acceptors (Lipinski definition) is 8. The highest BCUT2D eigenvalue weighted by molar-refractivity contribution is 6.14. The van der Waals surface area contributed by atoms with E-state index in [1.165, 1.54) is 12.4 Å². The molecule has 15 heavy (non-hydrogen) atoms. The average molecular weight is 201 g/mol. The van der Waals surface area contributed by atoms with Gasteiger partial charge in [0.25, 0.3) is 0 Å². The number of nitrogens with zero attached hydrogens (tertiary/aromatic N) is 8. The first-order valence-corrected chi connectivity index (χ1v) is 3.99. The largest absolute Gasteiger partial charge is 0.197 e. The zero-order valence-corrected chi connectivity index (χ0v) is 7.23. The molecule has 0 unspecified atom stereocenters. The number of H-pyrrole nitrogens is 1. The molecule has 1 aromatic heterocycles. The maximum Gasteiger partial charge on any atom is 0.147 e. The van der Waals surface area contributed by atoms with Gasteiger partial charge in [0.2, 0.25) is 0 Å². The third kappa shape index (κ3) is 1.17. The Bertz CT molecular complexity index is 515. The van der Waals surface area contributed by atoms with Crippen LogP contribution in [0, 0.1) is 0 Å². The van der Waals surface area contributed by atoms with E-state index in [1.807, 2.05) is 0 Å². The van der Waals surface area contributed by atoms with E-state index in [2.05, 4.69) is 46.3 Å². The van der Waals surface area contributed by atoms with Crippen LogP contribution in [-0.4, -0.2) is 27.3 Å². The van der Waals surface area contributed by atoms with Crippen LogP contribution in [0.1, 0.15) is 5.69 Å². The number of hydrogen-bond donors (Lipinski definition) is 1. The van der Waals surface area contributed by atoms with E-state index in [0.717, 1.165) is 0 Å². The minimum atomic E-state index is 0.494. The predicted molar refractivity (Wildman–Crippen MR) is 48.1 cm³/mol. The van der Waals surface area contributed by atoms with E-state index >= 15 is 0 Å². The molecule has 3 rings (SSSR count). The van der Waals surface area contributed by atoms with Gasteiger partial charge in [0.05, 0.1) is 12.4 Å². The molecule has 0 bridgehead atoms. The van der Waals surface area contributed by atoms with E-state index in [0.29, 0.717) is 22.8 Å². The van der Waals surface area contributed by atoms with Crippen molar-refractivity contribution in [2.45, 2.75) is 0 Å². The Morgan fingerprint density at radius 2 is 2.13 bits per heavy atom. The SMILES string of the molecule is C1=NN=NC1=C1N=NN=C1c1cn[nH]n1. The van der Waals surface area contributed by atoms with Crippen molar-refractivity contribution in [1.29, 1.82) is 0 Å². The van der Waals surface area contributed by atoms with Gasteiger partial charge in [-0.25, -0.2) is 0 Å². The molecule has 2 aliphatic rings. The lowest BCUT2D eigenvalue weighted by Gasteiger charge is -1.94. The van der Waals surface area contributed by atoms with Gasteiger partial charge in [0.15, 0.2) is 0 Å². The van der Waals surface area contributed by atoms with Crippen molar-refractivity contribution in [2.24, 2.45) is 30.9 Å². The van der Waals surface area contributed by atoms with E-state index in [9.17, 15) is 0 Å². The summed E-state index contributed by atoms with van der Waals surface area (Å²) in [5.41, 5.74) is 2.07. The molecular formula is C6H3N9. The van der Waals surface area contributed by atoms with E-state index in [1.54, 1.807) is 0 Å². The number of nitrogens with one attached hydrogen (secondary N) is 1. The predicted octanol–water partition coefficient (Wildman–Crippen LogP) is 0.638. The minimum Gasteiger partial charge on any atom is -0.197 e. The summed E-state index contributed by atoms with van der Waals surface area (Å²) in [6.07, 6.45) is 3.01. The molecule has 72 valence electrons. The van der Waals surface area contributed by atoms with Crippen LogP contribution in [0.15, 0.2) is 48.5 Å². The average Bonchev–Trinajstić information content (AvgIpc) is 3.01. The molecule has 1 aromatic rings. The number of rotatable bonds is 1. The van der Waals surface area contributed by atoms with Crippen LogP contribution in [0.3, 0.4) is 0 Å². The summed E-state index contributed by atoms with van der Waals surface area (Å²) in [5, 5.41) is 32.1. The summed E-state index contributed by atoms with van der Waals surface area (Å²) in [6.45, 7) is 0. The number of aromatic nitrogens is 3. The van der Waals surface area contributed by atoms with E-state index in [-0.39, 0.29) is 0 Å². The lowest BCUT2D eigenvalue weighted by Crippen LogP contribution is -2.03. The topological polar surface area (TPSA) is 116 Å². The summed E-state index contributed by atoms with van der Waals surface area (Å²) in [6, 6.07) is 0.